The van der Waals surface area contributed by atoms with Crippen LogP contribution in [0.4, 0.5) is 0 Å². The maximum Gasteiger partial charge on any atom is 0.263 e. The summed E-state index contributed by atoms with van der Waals surface area (Å²) in [7, 11) is 0. The van der Waals surface area contributed by atoms with E-state index >= 15 is 0 Å². The number of ether oxygens (including phenoxy) is 1. The van der Waals surface area contributed by atoms with Crippen molar-refractivity contribution >= 4 is 29.9 Å². The Bertz CT molecular complexity index is 541. The third-order valence-corrected chi connectivity index (χ3v) is 4.75. The number of nitrogens with zero attached hydrogens (tertiary/aromatic N) is 1. The van der Waals surface area contributed by atoms with E-state index in [-0.39, 0.29) is 18.3 Å². The number of halogens is 2. The molecule has 0 spiro atoms. The third kappa shape index (κ3) is 3.50. The van der Waals surface area contributed by atoms with Gasteiger partial charge < -0.3 is 15.0 Å². The van der Waals surface area contributed by atoms with Crippen LogP contribution in [-0.4, -0.2) is 43.1 Å². The Balaban J connectivity index is 0.00000176. The third-order valence-electron chi connectivity index (χ3n) is 4.44. The Hall–Kier alpha value is -0.970. The van der Waals surface area contributed by atoms with Gasteiger partial charge >= 0.3 is 0 Å². The fourth-order valence-corrected chi connectivity index (χ4v) is 3.40. The summed E-state index contributed by atoms with van der Waals surface area (Å²) in [5.41, 5.74) is 1.07. The van der Waals surface area contributed by atoms with Gasteiger partial charge in [-0.1, -0.05) is 17.7 Å². The molecule has 22 heavy (non-hydrogen) atoms. The van der Waals surface area contributed by atoms with Gasteiger partial charge in [-0.15, -0.1) is 12.4 Å². The van der Waals surface area contributed by atoms with Crippen molar-refractivity contribution in [1.82, 2.24) is 10.2 Å². The zero-order valence-electron chi connectivity index (χ0n) is 12.8. The maximum absolute atomic E-state index is 12.5. The van der Waals surface area contributed by atoms with Gasteiger partial charge in [0.2, 0.25) is 0 Å². The number of benzene rings is 1. The van der Waals surface area contributed by atoms with Crippen LogP contribution in [0.25, 0.3) is 0 Å². The zero-order chi connectivity index (χ0) is 15.0. The highest BCUT2D eigenvalue weighted by molar-refractivity contribution is 6.32. The van der Waals surface area contributed by atoms with Crippen molar-refractivity contribution in [2.75, 3.05) is 26.2 Å². The summed E-state index contributed by atoms with van der Waals surface area (Å²) in [5.74, 6) is 1.84. The lowest BCUT2D eigenvalue weighted by Gasteiger charge is -2.23. The molecule has 6 heteroatoms. The van der Waals surface area contributed by atoms with E-state index in [0.717, 1.165) is 31.7 Å². The summed E-state index contributed by atoms with van der Waals surface area (Å²) in [6.45, 7) is 7.50. The van der Waals surface area contributed by atoms with Crippen molar-refractivity contribution < 1.29 is 9.53 Å². The van der Waals surface area contributed by atoms with Crippen molar-refractivity contribution in [2.24, 2.45) is 11.8 Å². The topological polar surface area (TPSA) is 41.6 Å². The van der Waals surface area contributed by atoms with E-state index in [1.54, 1.807) is 13.0 Å². The standard InChI is InChI=1S/C16H21ClN2O2.ClH/c1-10-3-4-14(17)15(5-10)21-11(2)16(20)19-8-12-6-18-7-13(12)9-19;/h3-5,11-13,18H,6-9H2,1-2H3;1H/t11?,12-,13+;. The predicted octanol–water partition coefficient (Wildman–Crippen LogP) is 2.52. The molecule has 2 fully saturated rings. The fraction of sp³-hybridized carbons (Fsp3) is 0.562. The lowest BCUT2D eigenvalue weighted by molar-refractivity contribution is -0.137. The molecule has 122 valence electrons. The zero-order valence-corrected chi connectivity index (χ0v) is 14.4. The number of carbonyl (C=O) groups is 1. The molecule has 0 aromatic heterocycles. The van der Waals surface area contributed by atoms with Gasteiger partial charge in [-0.25, -0.2) is 0 Å². The Morgan fingerprint density at radius 1 is 1.36 bits per heavy atom. The molecule has 0 radical (unpaired) electrons. The largest absolute Gasteiger partial charge is 0.479 e. The summed E-state index contributed by atoms with van der Waals surface area (Å²) in [5, 5.41) is 3.92. The van der Waals surface area contributed by atoms with E-state index in [0.29, 0.717) is 22.6 Å². The van der Waals surface area contributed by atoms with Gasteiger partial charge in [0.25, 0.3) is 5.91 Å². The van der Waals surface area contributed by atoms with E-state index < -0.39 is 6.10 Å². The van der Waals surface area contributed by atoms with Crippen LogP contribution in [0.5, 0.6) is 5.75 Å². The van der Waals surface area contributed by atoms with Crippen LogP contribution in [0.2, 0.25) is 5.02 Å². The second-order valence-corrected chi connectivity index (χ2v) is 6.52. The van der Waals surface area contributed by atoms with E-state index in [4.69, 9.17) is 16.3 Å². The molecule has 0 aliphatic carbocycles. The predicted molar refractivity (Wildman–Crippen MR) is 90.0 cm³/mol. The Morgan fingerprint density at radius 3 is 2.64 bits per heavy atom. The van der Waals surface area contributed by atoms with Crippen LogP contribution >= 0.6 is 24.0 Å². The number of amides is 1. The first-order chi connectivity index (χ1) is 10.0. The second kappa shape index (κ2) is 7.07. The summed E-state index contributed by atoms with van der Waals surface area (Å²) >= 11 is 6.12. The molecule has 0 bridgehead atoms. The van der Waals surface area contributed by atoms with Crippen LogP contribution in [0.3, 0.4) is 0 Å². The molecule has 2 aliphatic rings. The molecule has 1 unspecified atom stereocenters. The van der Waals surface area contributed by atoms with Gasteiger partial charge in [-0.05, 0) is 43.4 Å². The average molecular weight is 345 g/mol. The summed E-state index contributed by atoms with van der Waals surface area (Å²) in [4.78, 5) is 14.4. The normalized spacial score (nSPS) is 24.6. The molecule has 3 rings (SSSR count). The first-order valence-corrected chi connectivity index (χ1v) is 7.84. The minimum absolute atomic E-state index is 0. The first-order valence-electron chi connectivity index (χ1n) is 7.47. The molecule has 1 amide bonds. The van der Waals surface area contributed by atoms with Gasteiger partial charge in [0.15, 0.2) is 6.10 Å². The Kier molecular flexibility index (Phi) is 5.59. The number of nitrogens with one attached hydrogen (secondary N) is 1. The molecule has 1 aromatic carbocycles. The number of rotatable bonds is 3. The number of aryl methyl sites for hydroxylation is 1. The van der Waals surface area contributed by atoms with Gasteiger partial charge in [0, 0.05) is 26.2 Å². The van der Waals surface area contributed by atoms with Gasteiger partial charge in [0.1, 0.15) is 5.75 Å². The van der Waals surface area contributed by atoms with Crippen LogP contribution in [0.1, 0.15) is 12.5 Å². The van der Waals surface area contributed by atoms with Crippen molar-refractivity contribution in [3.63, 3.8) is 0 Å². The van der Waals surface area contributed by atoms with Crippen molar-refractivity contribution in [3.8, 4) is 5.75 Å². The first kappa shape index (κ1) is 17.4. The van der Waals surface area contributed by atoms with Crippen LogP contribution in [0, 0.1) is 18.8 Å². The molecule has 2 heterocycles. The van der Waals surface area contributed by atoms with Crippen LogP contribution in [0.15, 0.2) is 18.2 Å². The summed E-state index contributed by atoms with van der Waals surface area (Å²) in [6, 6.07) is 5.60. The number of carbonyl (C=O) groups excluding carboxylic acids is 1. The number of hydrogen-bond donors (Lipinski definition) is 1. The summed E-state index contributed by atoms with van der Waals surface area (Å²) in [6.07, 6.45) is -0.504. The van der Waals surface area contributed by atoms with E-state index in [1.807, 2.05) is 24.0 Å². The van der Waals surface area contributed by atoms with Gasteiger partial charge in [0.05, 0.1) is 5.02 Å². The van der Waals surface area contributed by atoms with Crippen LogP contribution in [-0.2, 0) is 4.79 Å². The minimum Gasteiger partial charge on any atom is -0.479 e. The minimum atomic E-state index is -0.504. The van der Waals surface area contributed by atoms with E-state index in [2.05, 4.69) is 5.32 Å². The molecule has 0 saturated carbocycles. The van der Waals surface area contributed by atoms with Crippen molar-refractivity contribution in [2.45, 2.75) is 20.0 Å². The monoisotopic (exact) mass is 344 g/mol. The Morgan fingerprint density at radius 2 is 2.00 bits per heavy atom. The maximum atomic E-state index is 12.5. The van der Waals surface area contributed by atoms with E-state index in [9.17, 15) is 4.79 Å². The number of likely N-dealkylation sites (tertiary alicyclic amines) is 1. The average Bonchev–Trinajstić information content (AvgIpc) is 3.03. The molecule has 1 aromatic rings. The molecular formula is C16H22Cl2N2O2. The molecule has 2 saturated heterocycles. The smallest absolute Gasteiger partial charge is 0.263 e. The van der Waals surface area contributed by atoms with Crippen molar-refractivity contribution in [1.29, 1.82) is 0 Å². The van der Waals surface area contributed by atoms with E-state index in [1.165, 1.54) is 0 Å². The highest BCUT2D eigenvalue weighted by atomic mass is 35.5. The van der Waals surface area contributed by atoms with Crippen LogP contribution < -0.4 is 10.1 Å². The Labute approximate surface area is 142 Å². The SMILES string of the molecule is Cc1ccc(Cl)c(OC(C)C(=O)N2C[C@H]3CNC[C@H]3C2)c1.Cl. The quantitative estimate of drug-likeness (QED) is 0.915. The molecular weight excluding hydrogens is 323 g/mol. The fourth-order valence-electron chi connectivity index (χ4n) is 3.23. The molecule has 3 atom stereocenters. The second-order valence-electron chi connectivity index (χ2n) is 6.12. The number of fused-ring (bicyclic) bond motifs is 1. The highest BCUT2D eigenvalue weighted by Gasteiger charge is 2.39. The number of hydrogen-bond acceptors (Lipinski definition) is 3. The van der Waals surface area contributed by atoms with Crippen molar-refractivity contribution in [3.05, 3.63) is 28.8 Å². The highest BCUT2D eigenvalue weighted by Crippen LogP contribution is 2.29. The lowest BCUT2D eigenvalue weighted by atomic mass is 10.0. The summed E-state index contributed by atoms with van der Waals surface area (Å²) < 4.78 is 5.78. The van der Waals surface area contributed by atoms with Gasteiger partial charge in [-0.3, -0.25) is 4.79 Å². The lowest BCUT2D eigenvalue weighted by Crippen LogP contribution is -2.40. The molecule has 4 nitrogen and oxygen atoms in total. The van der Waals surface area contributed by atoms with Gasteiger partial charge in [-0.2, -0.15) is 0 Å². The molecule has 1 N–H and O–H groups in total. The molecule has 2 aliphatic heterocycles.